The number of quaternary nitrogens is 1. The molecular weight excluding hydrogens is 262 g/mol. The first-order chi connectivity index (χ1) is 9.94. The summed E-state index contributed by atoms with van der Waals surface area (Å²) in [5.41, 5.74) is 2.37. The van der Waals surface area contributed by atoms with Gasteiger partial charge in [0.1, 0.15) is 25.0 Å². The van der Waals surface area contributed by atoms with Crippen LogP contribution in [-0.2, 0) is 0 Å². The van der Waals surface area contributed by atoms with Crippen molar-refractivity contribution < 1.29 is 14.7 Å². The van der Waals surface area contributed by atoms with E-state index in [-0.39, 0.29) is 0 Å². The van der Waals surface area contributed by atoms with Crippen molar-refractivity contribution >= 4 is 0 Å². The lowest BCUT2D eigenvalue weighted by molar-refractivity contribution is -0.915. The maximum absolute atomic E-state index is 10.2. The lowest BCUT2D eigenvalue weighted by atomic mass is 9.92. The van der Waals surface area contributed by atoms with Crippen molar-refractivity contribution in [3.8, 4) is 5.75 Å². The topological polar surface area (TPSA) is 33.9 Å². The van der Waals surface area contributed by atoms with Gasteiger partial charge in [-0.15, -0.1) is 0 Å². The van der Waals surface area contributed by atoms with E-state index in [2.05, 4.69) is 26.8 Å². The van der Waals surface area contributed by atoms with E-state index in [0.717, 1.165) is 29.7 Å². The summed E-state index contributed by atoms with van der Waals surface area (Å²) in [6, 6.07) is 6.16. The highest BCUT2D eigenvalue weighted by molar-refractivity contribution is 5.35. The quantitative estimate of drug-likeness (QED) is 0.864. The molecule has 0 bridgehead atoms. The fourth-order valence-corrected chi connectivity index (χ4v) is 3.63. The molecule has 1 saturated heterocycles. The predicted octanol–water partition coefficient (Wildman–Crippen LogP) is 1.60. The summed E-state index contributed by atoms with van der Waals surface area (Å²) in [5, 5.41) is 10.2. The highest BCUT2D eigenvalue weighted by Gasteiger charge is 2.26. The molecule has 1 heterocycles. The number of hydrogen-bond acceptors (Lipinski definition) is 2. The van der Waals surface area contributed by atoms with Crippen LogP contribution in [0.3, 0.4) is 0 Å². The van der Waals surface area contributed by atoms with Crippen LogP contribution in [0.2, 0.25) is 0 Å². The molecule has 1 aliphatic rings. The summed E-state index contributed by atoms with van der Waals surface area (Å²) in [5.74, 6) is 2.41. The Kier molecular flexibility index (Phi) is 5.65. The van der Waals surface area contributed by atoms with Crippen LogP contribution < -0.4 is 9.64 Å². The van der Waals surface area contributed by atoms with Gasteiger partial charge in [-0.05, 0) is 31.9 Å². The van der Waals surface area contributed by atoms with Gasteiger partial charge in [0, 0.05) is 11.8 Å². The highest BCUT2D eigenvalue weighted by atomic mass is 16.5. The molecule has 1 aromatic rings. The van der Waals surface area contributed by atoms with Crippen LogP contribution in [0.25, 0.3) is 0 Å². The van der Waals surface area contributed by atoms with Gasteiger partial charge in [0.25, 0.3) is 0 Å². The van der Waals surface area contributed by atoms with E-state index in [1.165, 1.54) is 30.0 Å². The Morgan fingerprint density at radius 3 is 2.52 bits per heavy atom. The summed E-state index contributed by atoms with van der Waals surface area (Å²) < 4.78 is 5.79. The van der Waals surface area contributed by atoms with Crippen LogP contribution in [0.4, 0.5) is 0 Å². The zero-order valence-corrected chi connectivity index (χ0v) is 13.9. The Morgan fingerprint density at radius 1 is 1.24 bits per heavy atom. The van der Waals surface area contributed by atoms with Crippen molar-refractivity contribution in [3.63, 3.8) is 0 Å². The van der Waals surface area contributed by atoms with E-state index in [1.54, 1.807) is 0 Å². The fourth-order valence-electron chi connectivity index (χ4n) is 3.63. The van der Waals surface area contributed by atoms with Crippen molar-refractivity contribution in [2.45, 2.75) is 40.2 Å². The first-order valence-electron chi connectivity index (χ1n) is 8.15. The van der Waals surface area contributed by atoms with Crippen LogP contribution in [0.15, 0.2) is 18.2 Å². The Bertz CT molecular complexity index is 451. The van der Waals surface area contributed by atoms with Crippen LogP contribution in [-0.4, -0.2) is 37.5 Å². The van der Waals surface area contributed by atoms with Gasteiger partial charge in [-0.25, -0.2) is 0 Å². The first kappa shape index (κ1) is 16.3. The summed E-state index contributed by atoms with van der Waals surface area (Å²) in [7, 11) is 0. The molecule has 3 nitrogen and oxygen atoms in total. The lowest BCUT2D eigenvalue weighted by Crippen LogP contribution is -3.15. The number of rotatable bonds is 5. The standard InChI is InChI=1S/C18H29NO2/c1-13-5-6-18(16(4)8-13)21-12-17(20)11-19-9-14(2)7-15(3)10-19/h5-6,8,14-15,17,20H,7,9-12H2,1-4H3/p+1/t14-,15-,17-/m0/s1. The van der Waals surface area contributed by atoms with Crippen molar-refractivity contribution in [3.05, 3.63) is 29.3 Å². The van der Waals surface area contributed by atoms with E-state index in [4.69, 9.17) is 4.74 Å². The Hall–Kier alpha value is -1.06. The minimum absolute atomic E-state index is 0.385. The number of aliphatic hydroxyl groups excluding tert-OH is 1. The monoisotopic (exact) mass is 292 g/mol. The Balaban J connectivity index is 1.80. The summed E-state index contributed by atoms with van der Waals surface area (Å²) >= 11 is 0. The molecule has 0 spiro atoms. The van der Waals surface area contributed by atoms with Gasteiger partial charge in [0.2, 0.25) is 0 Å². The third-order valence-corrected chi connectivity index (χ3v) is 4.36. The van der Waals surface area contributed by atoms with Crippen molar-refractivity contribution in [2.24, 2.45) is 11.8 Å². The zero-order valence-electron chi connectivity index (χ0n) is 13.9. The molecule has 1 fully saturated rings. The lowest BCUT2D eigenvalue weighted by Gasteiger charge is -2.33. The van der Waals surface area contributed by atoms with Gasteiger partial charge in [-0.1, -0.05) is 31.5 Å². The first-order valence-corrected chi connectivity index (χ1v) is 8.15. The summed E-state index contributed by atoms with van der Waals surface area (Å²) in [6.07, 6.45) is 0.928. The number of benzene rings is 1. The average molecular weight is 292 g/mol. The second-order valence-electron chi connectivity index (χ2n) is 7.04. The molecule has 1 aliphatic heterocycles. The summed E-state index contributed by atoms with van der Waals surface area (Å²) in [6.45, 7) is 12.3. The molecule has 3 heteroatoms. The molecule has 0 aliphatic carbocycles. The summed E-state index contributed by atoms with van der Waals surface area (Å²) in [4.78, 5) is 1.51. The van der Waals surface area contributed by atoms with E-state index in [9.17, 15) is 5.11 Å². The number of likely N-dealkylation sites (tertiary alicyclic amines) is 1. The van der Waals surface area contributed by atoms with Crippen LogP contribution >= 0.6 is 0 Å². The number of piperidine rings is 1. The molecule has 1 aromatic carbocycles. The van der Waals surface area contributed by atoms with E-state index < -0.39 is 6.10 Å². The number of ether oxygens (including phenoxy) is 1. The normalized spacial score (nSPS) is 27.4. The number of nitrogens with one attached hydrogen (secondary N) is 1. The van der Waals surface area contributed by atoms with Gasteiger partial charge >= 0.3 is 0 Å². The number of hydrogen-bond donors (Lipinski definition) is 2. The molecule has 2 rings (SSSR count). The van der Waals surface area contributed by atoms with Gasteiger partial charge in [-0.3, -0.25) is 0 Å². The molecule has 0 radical (unpaired) electrons. The smallest absolute Gasteiger partial charge is 0.137 e. The number of aliphatic hydroxyl groups is 1. The Labute approximate surface area is 128 Å². The molecule has 0 saturated carbocycles. The molecule has 2 N–H and O–H groups in total. The largest absolute Gasteiger partial charge is 0.490 e. The second-order valence-corrected chi connectivity index (χ2v) is 7.04. The maximum atomic E-state index is 10.2. The average Bonchev–Trinajstić information content (AvgIpc) is 2.36. The van der Waals surface area contributed by atoms with Crippen LogP contribution in [0, 0.1) is 25.7 Å². The molecule has 3 atom stereocenters. The third kappa shape index (κ3) is 5.01. The van der Waals surface area contributed by atoms with E-state index in [1.807, 2.05) is 19.1 Å². The minimum atomic E-state index is -0.391. The highest BCUT2D eigenvalue weighted by Crippen LogP contribution is 2.18. The van der Waals surface area contributed by atoms with Gasteiger partial charge < -0.3 is 14.7 Å². The molecule has 0 unspecified atom stereocenters. The molecular formula is C18H30NO2+. The predicted molar refractivity (Wildman–Crippen MR) is 85.9 cm³/mol. The fraction of sp³-hybridized carbons (Fsp3) is 0.667. The van der Waals surface area contributed by atoms with E-state index in [0.29, 0.717) is 6.61 Å². The van der Waals surface area contributed by atoms with Crippen molar-refractivity contribution in [1.29, 1.82) is 0 Å². The molecule has 0 amide bonds. The zero-order chi connectivity index (χ0) is 15.4. The van der Waals surface area contributed by atoms with Gasteiger partial charge in [-0.2, -0.15) is 0 Å². The SMILES string of the molecule is Cc1ccc(OC[C@@H](O)C[NH+]2C[C@@H](C)C[C@H](C)C2)c(C)c1. The molecule has 21 heavy (non-hydrogen) atoms. The molecule has 0 aromatic heterocycles. The second kappa shape index (κ2) is 7.28. The third-order valence-electron chi connectivity index (χ3n) is 4.36. The van der Waals surface area contributed by atoms with Gasteiger partial charge in [0.15, 0.2) is 0 Å². The Morgan fingerprint density at radius 2 is 1.90 bits per heavy atom. The maximum Gasteiger partial charge on any atom is 0.137 e. The van der Waals surface area contributed by atoms with Crippen LogP contribution in [0.5, 0.6) is 5.75 Å². The van der Waals surface area contributed by atoms with Gasteiger partial charge in [0.05, 0.1) is 13.1 Å². The van der Waals surface area contributed by atoms with Crippen molar-refractivity contribution in [2.75, 3.05) is 26.2 Å². The van der Waals surface area contributed by atoms with Crippen LogP contribution in [0.1, 0.15) is 31.4 Å². The van der Waals surface area contributed by atoms with E-state index >= 15 is 0 Å². The molecule has 118 valence electrons. The number of aryl methyl sites for hydroxylation is 2. The minimum Gasteiger partial charge on any atom is -0.490 e. The van der Waals surface area contributed by atoms with Crippen molar-refractivity contribution in [1.82, 2.24) is 0 Å².